The third-order valence-corrected chi connectivity index (χ3v) is 4.18. The van der Waals surface area contributed by atoms with Crippen LogP contribution < -0.4 is 5.32 Å². The van der Waals surface area contributed by atoms with Gasteiger partial charge in [0.1, 0.15) is 11.0 Å². The molecule has 2 unspecified atom stereocenters. The SMILES string of the molecule is CC1CCCC(O)(CNCc2ncc(Cl)n2C)C1. The highest BCUT2D eigenvalue weighted by Crippen LogP contribution is 2.31. The molecule has 1 aliphatic rings. The molecule has 1 saturated carbocycles. The highest BCUT2D eigenvalue weighted by molar-refractivity contribution is 6.29. The maximum Gasteiger partial charge on any atom is 0.128 e. The maximum absolute atomic E-state index is 10.5. The standard InChI is InChI=1S/C13H22ClN3O/c1-10-4-3-5-13(18,6-10)9-15-8-12-16-7-11(14)17(12)2/h7,10,15,18H,3-6,8-9H2,1-2H3. The zero-order valence-corrected chi connectivity index (χ0v) is 11.9. The molecule has 1 fully saturated rings. The Morgan fingerprint density at radius 3 is 3.06 bits per heavy atom. The second kappa shape index (κ2) is 5.59. The van der Waals surface area contributed by atoms with Crippen LogP contribution in [0, 0.1) is 5.92 Å². The first-order valence-electron chi connectivity index (χ1n) is 6.59. The van der Waals surface area contributed by atoms with Crippen molar-refractivity contribution in [3.05, 3.63) is 17.2 Å². The number of rotatable bonds is 4. The minimum Gasteiger partial charge on any atom is -0.389 e. The van der Waals surface area contributed by atoms with E-state index in [1.807, 2.05) is 11.6 Å². The summed E-state index contributed by atoms with van der Waals surface area (Å²) in [6, 6.07) is 0. The van der Waals surface area contributed by atoms with Crippen molar-refractivity contribution in [3.63, 3.8) is 0 Å². The average Bonchev–Trinajstić information content (AvgIpc) is 2.60. The molecule has 102 valence electrons. The summed E-state index contributed by atoms with van der Waals surface area (Å²) >= 11 is 5.93. The predicted octanol–water partition coefficient (Wildman–Crippen LogP) is 2.10. The zero-order chi connectivity index (χ0) is 13.2. The summed E-state index contributed by atoms with van der Waals surface area (Å²) in [4.78, 5) is 4.22. The van der Waals surface area contributed by atoms with Crippen LogP contribution in [0.4, 0.5) is 0 Å². The lowest BCUT2D eigenvalue weighted by Gasteiger charge is -2.35. The lowest BCUT2D eigenvalue weighted by Crippen LogP contribution is -2.44. The number of imidazole rings is 1. The fourth-order valence-electron chi connectivity index (χ4n) is 2.79. The molecule has 0 amide bonds. The van der Waals surface area contributed by atoms with Crippen LogP contribution in [0.25, 0.3) is 0 Å². The lowest BCUT2D eigenvalue weighted by atomic mass is 9.79. The van der Waals surface area contributed by atoms with Crippen molar-refractivity contribution in [1.82, 2.24) is 14.9 Å². The monoisotopic (exact) mass is 271 g/mol. The summed E-state index contributed by atoms with van der Waals surface area (Å²) in [5.41, 5.74) is -0.549. The average molecular weight is 272 g/mol. The summed E-state index contributed by atoms with van der Waals surface area (Å²) in [5, 5.41) is 14.4. The van der Waals surface area contributed by atoms with Crippen LogP contribution in [0.1, 0.15) is 38.4 Å². The van der Waals surface area contributed by atoms with E-state index < -0.39 is 5.60 Å². The first-order chi connectivity index (χ1) is 8.50. The Bertz CT molecular complexity index is 407. The maximum atomic E-state index is 10.5. The molecule has 0 saturated heterocycles. The van der Waals surface area contributed by atoms with Crippen LogP contribution in [0.5, 0.6) is 0 Å². The molecule has 1 aliphatic carbocycles. The number of nitrogens with zero attached hydrogens (tertiary/aromatic N) is 2. The van der Waals surface area contributed by atoms with E-state index in [0.717, 1.165) is 25.1 Å². The molecule has 1 heterocycles. The van der Waals surface area contributed by atoms with Crippen LogP contribution in [-0.2, 0) is 13.6 Å². The van der Waals surface area contributed by atoms with Gasteiger partial charge >= 0.3 is 0 Å². The third-order valence-electron chi connectivity index (χ3n) is 3.83. The molecule has 0 bridgehead atoms. The summed E-state index contributed by atoms with van der Waals surface area (Å²) in [6.45, 7) is 3.48. The van der Waals surface area contributed by atoms with Crippen molar-refractivity contribution in [2.45, 2.75) is 44.8 Å². The fraction of sp³-hybridized carbons (Fsp3) is 0.769. The molecule has 1 aromatic rings. The van der Waals surface area contributed by atoms with Gasteiger partial charge in [-0.05, 0) is 18.8 Å². The number of hydrogen-bond donors (Lipinski definition) is 2. The van der Waals surface area contributed by atoms with Crippen LogP contribution in [-0.4, -0.2) is 26.8 Å². The van der Waals surface area contributed by atoms with E-state index in [2.05, 4.69) is 17.2 Å². The van der Waals surface area contributed by atoms with E-state index in [4.69, 9.17) is 11.6 Å². The van der Waals surface area contributed by atoms with Gasteiger partial charge < -0.3 is 15.0 Å². The van der Waals surface area contributed by atoms with Crippen molar-refractivity contribution in [2.24, 2.45) is 13.0 Å². The minimum absolute atomic E-state index is 0.549. The molecule has 2 atom stereocenters. The Morgan fingerprint density at radius 1 is 1.67 bits per heavy atom. The van der Waals surface area contributed by atoms with Crippen molar-refractivity contribution in [2.75, 3.05) is 6.54 Å². The number of aromatic nitrogens is 2. The molecule has 0 aromatic carbocycles. The molecular weight excluding hydrogens is 250 g/mol. The lowest BCUT2D eigenvalue weighted by molar-refractivity contribution is -0.0120. The van der Waals surface area contributed by atoms with E-state index in [-0.39, 0.29) is 0 Å². The van der Waals surface area contributed by atoms with Gasteiger partial charge in [0.25, 0.3) is 0 Å². The van der Waals surface area contributed by atoms with Crippen molar-refractivity contribution < 1.29 is 5.11 Å². The second-order valence-electron chi connectivity index (χ2n) is 5.59. The number of nitrogens with one attached hydrogen (secondary N) is 1. The smallest absolute Gasteiger partial charge is 0.128 e. The normalized spacial score (nSPS) is 28.6. The summed E-state index contributed by atoms with van der Waals surface area (Å²) in [7, 11) is 1.89. The molecule has 5 heteroatoms. The van der Waals surface area contributed by atoms with E-state index in [9.17, 15) is 5.11 Å². The van der Waals surface area contributed by atoms with Gasteiger partial charge in [-0.25, -0.2) is 4.98 Å². The fourth-order valence-corrected chi connectivity index (χ4v) is 2.93. The first kappa shape index (κ1) is 13.8. The first-order valence-corrected chi connectivity index (χ1v) is 6.97. The van der Waals surface area contributed by atoms with Gasteiger partial charge in [-0.15, -0.1) is 0 Å². The molecular formula is C13H22ClN3O. The van der Waals surface area contributed by atoms with Crippen molar-refractivity contribution in [3.8, 4) is 0 Å². The van der Waals surface area contributed by atoms with E-state index in [0.29, 0.717) is 24.2 Å². The number of halogens is 1. The topological polar surface area (TPSA) is 50.1 Å². The van der Waals surface area contributed by atoms with E-state index >= 15 is 0 Å². The van der Waals surface area contributed by atoms with Crippen LogP contribution in [0.3, 0.4) is 0 Å². The van der Waals surface area contributed by atoms with Gasteiger partial charge in [-0.1, -0.05) is 31.4 Å². The molecule has 2 N–H and O–H groups in total. The Hall–Kier alpha value is -0.580. The Morgan fingerprint density at radius 2 is 2.44 bits per heavy atom. The molecule has 1 aromatic heterocycles. The summed E-state index contributed by atoms with van der Waals surface area (Å²) in [5.74, 6) is 1.51. The van der Waals surface area contributed by atoms with Crippen LogP contribution in [0.15, 0.2) is 6.20 Å². The molecule has 4 nitrogen and oxygen atoms in total. The molecule has 0 radical (unpaired) electrons. The zero-order valence-electron chi connectivity index (χ0n) is 11.1. The summed E-state index contributed by atoms with van der Waals surface area (Å²) in [6.07, 6.45) is 5.79. The van der Waals surface area contributed by atoms with Crippen LogP contribution in [0.2, 0.25) is 5.15 Å². The van der Waals surface area contributed by atoms with E-state index in [1.165, 1.54) is 6.42 Å². The van der Waals surface area contributed by atoms with Gasteiger partial charge in [0.15, 0.2) is 0 Å². The van der Waals surface area contributed by atoms with Gasteiger partial charge in [0.05, 0.1) is 18.3 Å². The number of aliphatic hydroxyl groups is 1. The highest BCUT2D eigenvalue weighted by Gasteiger charge is 2.32. The Labute approximate surface area is 113 Å². The predicted molar refractivity (Wildman–Crippen MR) is 72.5 cm³/mol. The van der Waals surface area contributed by atoms with Crippen LogP contribution >= 0.6 is 11.6 Å². The van der Waals surface area contributed by atoms with Gasteiger partial charge in [-0.3, -0.25) is 0 Å². The Balaban J connectivity index is 1.83. The van der Waals surface area contributed by atoms with E-state index in [1.54, 1.807) is 6.20 Å². The molecule has 0 aliphatic heterocycles. The molecule has 0 spiro atoms. The largest absolute Gasteiger partial charge is 0.389 e. The van der Waals surface area contributed by atoms with Crippen molar-refractivity contribution in [1.29, 1.82) is 0 Å². The van der Waals surface area contributed by atoms with Gasteiger partial charge in [-0.2, -0.15) is 0 Å². The quantitative estimate of drug-likeness (QED) is 0.882. The van der Waals surface area contributed by atoms with Gasteiger partial charge in [0.2, 0.25) is 0 Å². The minimum atomic E-state index is -0.549. The Kier molecular flexibility index (Phi) is 4.30. The second-order valence-corrected chi connectivity index (χ2v) is 5.97. The molecule has 2 rings (SSSR count). The van der Waals surface area contributed by atoms with Gasteiger partial charge in [0, 0.05) is 13.6 Å². The summed E-state index contributed by atoms with van der Waals surface area (Å²) < 4.78 is 1.85. The highest BCUT2D eigenvalue weighted by atomic mass is 35.5. The molecule has 18 heavy (non-hydrogen) atoms. The van der Waals surface area contributed by atoms with Crippen molar-refractivity contribution >= 4 is 11.6 Å². The third kappa shape index (κ3) is 3.25. The number of hydrogen-bond acceptors (Lipinski definition) is 3.